The summed E-state index contributed by atoms with van der Waals surface area (Å²) in [5, 5.41) is 0.840. The van der Waals surface area contributed by atoms with Crippen molar-refractivity contribution in [3.8, 4) is 0 Å². The minimum absolute atomic E-state index is 0.300. The highest BCUT2D eigenvalue weighted by Gasteiger charge is 2.24. The number of hydrogen-bond acceptors (Lipinski definition) is 2. The molecule has 0 amide bonds. The fourth-order valence-corrected chi connectivity index (χ4v) is 4.08. The zero-order valence-electron chi connectivity index (χ0n) is 10.9. The van der Waals surface area contributed by atoms with E-state index in [9.17, 15) is 0 Å². The molecule has 1 fully saturated rings. The monoisotopic (exact) mass is 283 g/mol. The van der Waals surface area contributed by atoms with Crippen LogP contribution in [0.2, 0.25) is 5.02 Å². The molecule has 100 valence electrons. The topological polar surface area (TPSA) is 26.0 Å². The summed E-state index contributed by atoms with van der Waals surface area (Å²) in [6.45, 7) is 2.35. The molecule has 0 spiro atoms. The van der Waals surface area contributed by atoms with Crippen molar-refractivity contribution in [3.63, 3.8) is 0 Å². The molecule has 0 saturated heterocycles. The Hall–Kier alpha value is -0.180. The zero-order valence-corrected chi connectivity index (χ0v) is 12.5. The van der Waals surface area contributed by atoms with Gasteiger partial charge in [-0.1, -0.05) is 43.5 Å². The van der Waals surface area contributed by atoms with Crippen LogP contribution in [0.25, 0.3) is 0 Å². The van der Waals surface area contributed by atoms with Gasteiger partial charge in [0.1, 0.15) is 0 Å². The van der Waals surface area contributed by atoms with Gasteiger partial charge in [-0.15, -0.1) is 11.8 Å². The summed E-state index contributed by atoms with van der Waals surface area (Å²) in [5.74, 6) is 2.52. The van der Waals surface area contributed by atoms with Crippen LogP contribution in [-0.4, -0.2) is 11.8 Å². The van der Waals surface area contributed by atoms with E-state index in [1.54, 1.807) is 11.8 Å². The smallest absolute Gasteiger partial charge is 0.0541 e. The minimum Gasteiger partial charge on any atom is -0.327 e. The van der Waals surface area contributed by atoms with Crippen molar-refractivity contribution < 1.29 is 0 Å². The third kappa shape index (κ3) is 3.91. The second-order valence-corrected chi connectivity index (χ2v) is 6.91. The maximum atomic E-state index is 6.34. The van der Waals surface area contributed by atoms with Crippen LogP contribution in [-0.2, 0) is 0 Å². The molecule has 0 aliphatic heterocycles. The first-order chi connectivity index (χ1) is 8.66. The van der Waals surface area contributed by atoms with E-state index >= 15 is 0 Å². The maximum absolute atomic E-state index is 6.34. The van der Waals surface area contributed by atoms with Gasteiger partial charge in [0.05, 0.1) is 5.02 Å². The lowest BCUT2D eigenvalue weighted by atomic mass is 9.79. The van der Waals surface area contributed by atoms with Gasteiger partial charge < -0.3 is 5.73 Å². The van der Waals surface area contributed by atoms with E-state index in [1.807, 2.05) is 18.2 Å². The molecule has 3 unspecified atom stereocenters. The van der Waals surface area contributed by atoms with Crippen LogP contribution >= 0.6 is 23.4 Å². The van der Waals surface area contributed by atoms with Crippen LogP contribution in [0.15, 0.2) is 29.2 Å². The Morgan fingerprint density at radius 1 is 1.39 bits per heavy atom. The van der Waals surface area contributed by atoms with Crippen molar-refractivity contribution in [1.29, 1.82) is 0 Å². The summed E-state index contributed by atoms with van der Waals surface area (Å²) < 4.78 is 0. The fraction of sp³-hybridized carbons (Fsp3) is 0.600. The van der Waals surface area contributed by atoms with E-state index in [0.29, 0.717) is 12.0 Å². The number of thioether (sulfide) groups is 1. The predicted octanol–water partition coefficient (Wildman–Crippen LogP) is 4.59. The SMILES string of the molecule is CC1CCCC(C(N)CSc2ccccc2Cl)C1. The zero-order chi connectivity index (χ0) is 13.0. The Kier molecular flexibility index (Phi) is 5.40. The molecule has 1 saturated carbocycles. The van der Waals surface area contributed by atoms with Crippen LogP contribution in [0.1, 0.15) is 32.6 Å². The predicted molar refractivity (Wildman–Crippen MR) is 81.3 cm³/mol. The third-order valence-corrected chi connectivity index (χ3v) is 5.51. The number of nitrogens with two attached hydrogens (primary N) is 1. The first kappa shape index (κ1) is 14.2. The van der Waals surface area contributed by atoms with E-state index in [2.05, 4.69) is 13.0 Å². The lowest BCUT2D eigenvalue weighted by molar-refractivity contribution is 0.256. The van der Waals surface area contributed by atoms with Gasteiger partial charge >= 0.3 is 0 Å². The van der Waals surface area contributed by atoms with Crippen molar-refractivity contribution in [2.24, 2.45) is 17.6 Å². The second kappa shape index (κ2) is 6.83. The fourth-order valence-electron chi connectivity index (χ4n) is 2.75. The van der Waals surface area contributed by atoms with Gasteiger partial charge in [0, 0.05) is 16.7 Å². The number of halogens is 1. The van der Waals surface area contributed by atoms with Crippen molar-refractivity contribution in [2.45, 2.75) is 43.5 Å². The Labute approximate surface area is 119 Å². The van der Waals surface area contributed by atoms with Crippen LogP contribution < -0.4 is 5.73 Å². The first-order valence-corrected chi connectivity index (χ1v) is 8.16. The number of benzene rings is 1. The quantitative estimate of drug-likeness (QED) is 0.818. The summed E-state index contributed by atoms with van der Waals surface area (Å²) in [7, 11) is 0. The Morgan fingerprint density at radius 3 is 2.89 bits per heavy atom. The number of rotatable bonds is 4. The summed E-state index contributed by atoms with van der Waals surface area (Å²) in [6.07, 6.45) is 5.32. The van der Waals surface area contributed by atoms with Crippen LogP contribution in [0.5, 0.6) is 0 Å². The van der Waals surface area contributed by atoms with Gasteiger partial charge in [-0.05, 0) is 36.8 Å². The van der Waals surface area contributed by atoms with Gasteiger partial charge in [0.2, 0.25) is 0 Å². The molecule has 1 aliphatic carbocycles. The van der Waals surface area contributed by atoms with Gasteiger partial charge in [0.25, 0.3) is 0 Å². The molecule has 0 aromatic heterocycles. The number of hydrogen-bond donors (Lipinski definition) is 1. The highest BCUT2D eigenvalue weighted by molar-refractivity contribution is 7.99. The molecule has 1 aromatic rings. The molecular weight excluding hydrogens is 262 g/mol. The van der Waals surface area contributed by atoms with E-state index < -0.39 is 0 Å². The minimum atomic E-state index is 0.300. The lowest BCUT2D eigenvalue weighted by Crippen LogP contribution is -2.35. The first-order valence-electron chi connectivity index (χ1n) is 6.79. The largest absolute Gasteiger partial charge is 0.327 e. The Balaban J connectivity index is 1.84. The van der Waals surface area contributed by atoms with E-state index in [4.69, 9.17) is 17.3 Å². The van der Waals surface area contributed by atoms with Crippen LogP contribution in [0.3, 0.4) is 0 Å². The van der Waals surface area contributed by atoms with E-state index in [0.717, 1.165) is 21.6 Å². The molecule has 1 nitrogen and oxygen atoms in total. The standard InChI is InChI=1S/C15H22ClNS/c1-11-5-4-6-12(9-11)14(17)10-18-15-8-3-2-7-13(15)16/h2-3,7-8,11-12,14H,4-6,9-10,17H2,1H3. The molecule has 2 rings (SSSR count). The lowest BCUT2D eigenvalue weighted by Gasteiger charge is -2.31. The van der Waals surface area contributed by atoms with Gasteiger partial charge in [-0.2, -0.15) is 0 Å². The molecule has 0 radical (unpaired) electrons. The van der Waals surface area contributed by atoms with Gasteiger partial charge in [-0.3, -0.25) is 0 Å². The third-order valence-electron chi connectivity index (χ3n) is 3.85. The molecule has 3 heteroatoms. The normalized spacial score (nSPS) is 25.9. The van der Waals surface area contributed by atoms with Gasteiger partial charge in [-0.25, -0.2) is 0 Å². The van der Waals surface area contributed by atoms with Crippen molar-refractivity contribution in [3.05, 3.63) is 29.3 Å². The molecule has 0 bridgehead atoms. The second-order valence-electron chi connectivity index (χ2n) is 5.44. The maximum Gasteiger partial charge on any atom is 0.0541 e. The average Bonchev–Trinajstić information content (AvgIpc) is 2.37. The summed E-state index contributed by atoms with van der Waals surface area (Å²) in [4.78, 5) is 1.15. The molecule has 2 N–H and O–H groups in total. The molecule has 0 heterocycles. The van der Waals surface area contributed by atoms with Gasteiger partial charge in [0.15, 0.2) is 0 Å². The Morgan fingerprint density at radius 2 is 2.17 bits per heavy atom. The highest BCUT2D eigenvalue weighted by Crippen LogP contribution is 2.33. The average molecular weight is 284 g/mol. The van der Waals surface area contributed by atoms with E-state index in [1.165, 1.54) is 25.7 Å². The van der Waals surface area contributed by atoms with E-state index in [-0.39, 0.29) is 0 Å². The molecular formula is C15H22ClNS. The summed E-state index contributed by atoms with van der Waals surface area (Å²) >= 11 is 7.95. The summed E-state index contributed by atoms with van der Waals surface area (Å²) in [5.41, 5.74) is 6.34. The van der Waals surface area contributed by atoms with Crippen molar-refractivity contribution in [2.75, 3.05) is 5.75 Å². The summed E-state index contributed by atoms with van der Waals surface area (Å²) in [6, 6.07) is 8.31. The Bertz CT molecular complexity index is 383. The van der Waals surface area contributed by atoms with Crippen LogP contribution in [0, 0.1) is 11.8 Å². The van der Waals surface area contributed by atoms with Crippen molar-refractivity contribution >= 4 is 23.4 Å². The molecule has 3 atom stereocenters. The highest BCUT2D eigenvalue weighted by atomic mass is 35.5. The van der Waals surface area contributed by atoms with Crippen molar-refractivity contribution in [1.82, 2.24) is 0 Å². The molecule has 18 heavy (non-hydrogen) atoms. The van der Waals surface area contributed by atoms with Crippen LogP contribution in [0.4, 0.5) is 0 Å². The molecule has 1 aliphatic rings. The molecule has 1 aromatic carbocycles.